The third kappa shape index (κ3) is 5.12. The molecule has 18 heavy (non-hydrogen) atoms. The van der Waals surface area contributed by atoms with E-state index in [1.54, 1.807) is 41.5 Å². The Bertz CT molecular complexity index is 310. The van der Waals surface area contributed by atoms with Crippen molar-refractivity contribution in [3.63, 3.8) is 0 Å². The summed E-state index contributed by atoms with van der Waals surface area (Å²) in [4.78, 5) is 24.3. The van der Waals surface area contributed by atoms with Crippen LogP contribution < -0.4 is 0 Å². The number of carbonyl (C=O) groups is 2. The molecule has 2 atom stereocenters. The van der Waals surface area contributed by atoms with Crippen LogP contribution in [0.3, 0.4) is 0 Å². The lowest BCUT2D eigenvalue weighted by molar-refractivity contribution is -0.145. The number of halogens is 1. The van der Waals surface area contributed by atoms with Crippen LogP contribution in [0.15, 0.2) is 0 Å². The minimum Gasteiger partial charge on any atom is -0.480 e. The first kappa shape index (κ1) is 17.0. The van der Waals surface area contributed by atoms with Gasteiger partial charge in [-0.25, -0.2) is 9.59 Å². The van der Waals surface area contributed by atoms with Crippen LogP contribution >= 0.6 is 11.6 Å². The van der Waals surface area contributed by atoms with Crippen molar-refractivity contribution in [2.24, 2.45) is 5.92 Å². The zero-order valence-electron chi connectivity index (χ0n) is 11.7. The summed E-state index contributed by atoms with van der Waals surface area (Å²) in [7, 11) is 0. The Morgan fingerprint density at radius 3 is 1.89 bits per heavy atom. The van der Waals surface area contributed by atoms with Gasteiger partial charge in [0, 0.05) is 0 Å². The Morgan fingerprint density at radius 2 is 1.67 bits per heavy atom. The highest BCUT2D eigenvalue weighted by Gasteiger charge is 2.37. The zero-order valence-corrected chi connectivity index (χ0v) is 12.5. The van der Waals surface area contributed by atoms with E-state index < -0.39 is 29.2 Å². The Morgan fingerprint density at radius 1 is 1.22 bits per heavy atom. The number of rotatable bonds is 4. The molecule has 106 valence electrons. The maximum Gasteiger partial charge on any atom is 0.412 e. The number of ether oxygens (including phenoxy) is 1. The molecule has 0 fully saturated rings. The van der Waals surface area contributed by atoms with Gasteiger partial charge in [0.25, 0.3) is 0 Å². The first-order valence-electron chi connectivity index (χ1n) is 5.85. The first-order valence-corrected chi connectivity index (χ1v) is 6.29. The molecule has 1 unspecified atom stereocenters. The minimum absolute atomic E-state index is 0.267. The van der Waals surface area contributed by atoms with Gasteiger partial charge in [0.15, 0.2) is 0 Å². The number of amides is 1. The Balaban J connectivity index is 5.17. The molecule has 1 N–H and O–H groups in total. The van der Waals surface area contributed by atoms with Gasteiger partial charge in [0.05, 0.1) is 0 Å². The summed E-state index contributed by atoms with van der Waals surface area (Å²) in [5.41, 5.74) is -1.45. The minimum atomic E-state index is -1.09. The maximum atomic E-state index is 12.0. The number of aliphatic carboxylic acids is 1. The third-order valence-electron chi connectivity index (χ3n) is 2.17. The van der Waals surface area contributed by atoms with Gasteiger partial charge in [-0.15, -0.1) is 0 Å². The van der Waals surface area contributed by atoms with Crippen molar-refractivity contribution in [2.45, 2.75) is 58.7 Å². The number of nitrogens with zero attached hydrogens (tertiary/aromatic N) is 1. The quantitative estimate of drug-likeness (QED) is 0.635. The average molecular weight is 280 g/mol. The van der Waals surface area contributed by atoms with Gasteiger partial charge >= 0.3 is 12.1 Å². The van der Waals surface area contributed by atoms with Gasteiger partial charge in [0.2, 0.25) is 0 Å². The fourth-order valence-electron chi connectivity index (χ4n) is 1.52. The molecule has 1 amide bonds. The average Bonchev–Trinajstić information content (AvgIpc) is 2.08. The summed E-state index contributed by atoms with van der Waals surface area (Å²) in [5, 5.41) is 9.20. The van der Waals surface area contributed by atoms with Gasteiger partial charge in [-0.05, 0) is 33.6 Å². The molecule has 0 aromatic carbocycles. The Hall–Kier alpha value is -0.970. The molecule has 0 aliphatic carbocycles. The third-order valence-corrected chi connectivity index (χ3v) is 2.38. The van der Waals surface area contributed by atoms with E-state index in [1.807, 2.05) is 0 Å². The lowest BCUT2D eigenvalue weighted by Crippen LogP contribution is -2.52. The number of hydrogen-bond donors (Lipinski definition) is 1. The van der Waals surface area contributed by atoms with Crippen LogP contribution in [0.4, 0.5) is 4.79 Å². The molecule has 0 aromatic rings. The maximum absolute atomic E-state index is 12.0. The van der Waals surface area contributed by atoms with E-state index in [-0.39, 0.29) is 5.92 Å². The summed E-state index contributed by atoms with van der Waals surface area (Å²) >= 11 is 5.91. The monoisotopic (exact) mass is 279 g/mol. The molecule has 0 aliphatic rings. The molecular weight excluding hydrogens is 258 g/mol. The van der Waals surface area contributed by atoms with Crippen LogP contribution in [0.2, 0.25) is 0 Å². The molecule has 0 heterocycles. The second kappa shape index (κ2) is 6.27. The lowest BCUT2D eigenvalue weighted by atomic mass is 10.0. The van der Waals surface area contributed by atoms with Crippen LogP contribution in [-0.4, -0.2) is 39.2 Å². The normalized spacial score (nSPS) is 15.1. The molecule has 0 aliphatic heterocycles. The van der Waals surface area contributed by atoms with E-state index in [0.717, 1.165) is 4.90 Å². The molecule has 0 rings (SSSR count). The Labute approximate surface area is 113 Å². The lowest BCUT2D eigenvalue weighted by Gasteiger charge is -2.34. The van der Waals surface area contributed by atoms with Crippen LogP contribution in [0.1, 0.15) is 41.5 Å². The SMILES string of the molecule is CC(C)[C@@H](C(=O)O)N(C(=O)OC(C)(C)C)C(C)Cl. The van der Waals surface area contributed by atoms with Gasteiger partial charge < -0.3 is 9.84 Å². The molecule has 0 aromatic heterocycles. The van der Waals surface area contributed by atoms with Gasteiger partial charge in [-0.2, -0.15) is 0 Å². The highest BCUT2D eigenvalue weighted by Crippen LogP contribution is 2.20. The van der Waals surface area contributed by atoms with E-state index in [2.05, 4.69) is 0 Å². The topological polar surface area (TPSA) is 66.8 Å². The van der Waals surface area contributed by atoms with Crippen molar-refractivity contribution in [3.8, 4) is 0 Å². The zero-order chi connectivity index (χ0) is 14.7. The van der Waals surface area contributed by atoms with Crippen molar-refractivity contribution >= 4 is 23.7 Å². The predicted octanol–water partition coefficient (Wildman–Crippen LogP) is 2.92. The summed E-state index contributed by atoms with van der Waals surface area (Å²) < 4.78 is 5.18. The van der Waals surface area contributed by atoms with Gasteiger partial charge in [-0.1, -0.05) is 25.4 Å². The van der Waals surface area contributed by atoms with Crippen molar-refractivity contribution in [1.82, 2.24) is 4.90 Å². The van der Waals surface area contributed by atoms with Crippen molar-refractivity contribution in [2.75, 3.05) is 0 Å². The van der Waals surface area contributed by atoms with Crippen molar-refractivity contribution in [3.05, 3.63) is 0 Å². The molecule has 0 radical (unpaired) electrons. The number of carboxylic acid groups (broad SMARTS) is 1. The van der Waals surface area contributed by atoms with Crippen molar-refractivity contribution < 1.29 is 19.4 Å². The smallest absolute Gasteiger partial charge is 0.412 e. The molecular formula is C12H22ClNO4. The summed E-state index contributed by atoms with van der Waals surface area (Å²) in [6, 6.07) is -1.01. The van der Waals surface area contributed by atoms with Crippen LogP contribution in [0.5, 0.6) is 0 Å². The highest BCUT2D eigenvalue weighted by molar-refractivity contribution is 6.21. The van der Waals surface area contributed by atoms with E-state index in [9.17, 15) is 14.7 Å². The highest BCUT2D eigenvalue weighted by atomic mass is 35.5. The summed E-state index contributed by atoms with van der Waals surface area (Å²) in [5.74, 6) is -1.36. The van der Waals surface area contributed by atoms with Crippen molar-refractivity contribution in [1.29, 1.82) is 0 Å². The standard InChI is InChI=1S/C12H22ClNO4/c1-7(2)9(10(15)16)14(8(3)13)11(17)18-12(4,5)6/h7-9H,1-6H3,(H,15,16)/t8?,9-/m0/s1. The second-order valence-corrected chi connectivity index (χ2v) is 6.12. The van der Waals surface area contributed by atoms with Gasteiger partial charge in [-0.3, -0.25) is 4.90 Å². The predicted molar refractivity (Wildman–Crippen MR) is 69.6 cm³/mol. The van der Waals surface area contributed by atoms with E-state index >= 15 is 0 Å². The number of alkyl halides is 1. The molecule has 5 nitrogen and oxygen atoms in total. The largest absolute Gasteiger partial charge is 0.480 e. The van der Waals surface area contributed by atoms with Crippen LogP contribution in [-0.2, 0) is 9.53 Å². The molecule has 0 saturated heterocycles. The molecule has 0 saturated carbocycles. The summed E-state index contributed by atoms with van der Waals surface area (Å²) in [6.45, 7) is 10.1. The van der Waals surface area contributed by atoms with Crippen LogP contribution in [0.25, 0.3) is 0 Å². The first-order chi connectivity index (χ1) is 7.97. The van der Waals surface area contributed by atoms with Crippen LogP contribution in [0, 0.1) is 5.92 Å². The Kier molecular flexibility index (Phi) is 5.93. The number of carbonyl (C=O) groups excluding carboxylic acids is 1. The van der Waals surface area contributed by atoms with E-state index in [0.29, 0.717) is 0 Å². The number of carboxylic acids is 1. The van der Waals surface area contributed by atoms with E-state index in [1.165, 1.54) is 0 Å². The summed E-state index contributed by atoms with van der Waals surface area (Å²) in [6.07, 6.45) is -0.717. The fourth-order valence-corrected chi connectivity index (χ4v) is 1.72. The second-order valence-electron chi connectivity index (χ2n) is 5.49. The fraction of sp³-hybridized carbons (Fsp3) is 0.833. The van der Waals surface area contributed by atoms with E-state index in [4.69, 9.17) is 16.3 Å². The molecule has 6 heteroatoms. The molecule has 0 bridgehead atoms. The number of hydrogen-bond acceptors (Lipinski definition) is 3. The van der Waals surface area contributed by atoms with Gasteiger partial charge in [0.1, 0.15) is 17.1 Å². The molecule has 0 spiro atoms.